The third-order valence-electron chi connectivity index (χ3n) is 3.13. The van der Waals surface area contributed by atoms with Gasteiger partial charge in [0.15, 0.2) is 0 Å². The molecule has 0 saturated carbocycles. The van der Waals surface area contributed by atoms with Gasteiger partial charge in [0.2, 0.25) is 0 Å². The summed E-state index contributed by atoms with van der Waals surface area (Å²) in [6.07, 6.45) is 0. The molecule has 0 fully saturated rings. The van der Waals surface area contributed by atoms with Crippen LogP contribution >= 0.6 is 0 Å². The molecule has 0 radical (unpaired) electrons. The van der Waals surface area contributed by atoms with Crippen molar-refractivity contribution in [2.75, 3.05) is 20.2 Å². The Kier molecular flexibility index (Phi) is 4.72. The number of hydrogen-bond acceptors (Lipinski definition) is 2. The number of nitrogens with zero attached hydrogens (tertiary/aromatic N) is 1. The molecule has 0 bridgehead atoms. The highest BCUT2D eigenvalue weighted by Gasteiger charge is 2.14. The first kappa shape index (κ1) is 14.2. The van der Waals surface area contributed by atoms with Gasteiger partial charge in [-0.1, -0.05) is 39.0 Å². The van der Waals surface area contributed by atoms with E-state index in [9.17, 15) is 0 Å². The van der Waals surface area contributed by atoms with E-state index in [1.165, 1.54) is 16.7 Å². The first-order valence-electron chi connectivity index (χ1n) is 6.24. The van der Waals surface area contributed by atoms with E-state index in [0.717, 1.165) is 13.1 Å². The van der Waals surface area contributed by atoms with Crippen molar-refractivity contribution in [1.82, 2.24) is 4.90 Å². The van der Waals surface area contributed by atoms with Crippen LogP contribution in [0.2, 0.25) is 0 Å². The van der Waals surface area contributed by atoms with Crippen molar-refractivity contribution >= 4 is 0 Å². The zero-order chi connectivity index (χ0) is 13.1. The van der Waals surface area contributed by atoms with Crippen LogP contribution in [0.5, 0.6) is 0 Å². The molecule has 0 aromatic heterocycles. The van der Waals surface area contributed by atoms with E-state index < -0.39 is 0 Å². The lowest BCUT2D eigenvalue weighted by atomic mass is 9.85. The van der Waals surface area contributed by atoms with Crippen molar-refractivity contribution in [2.45, 2.75) is 39.7 Å². The van der Waals surface area contributed by atoms with Crippen LogP contribution in [0.25, 0.3) is 0 Å². The molecule has 1 aromatic carbocycles. The summed E-state index contributed by atoms with van der Waals surface area (Å²) in [6.45, 7) is 10.7. The fourth-order valence-corrected chi connectivity index (χ4v) is 1.88. The highest BCUT2D eigenvalue weighted by Crippen LogP contribution is 2.24. The van der Waals surface area contributed by atoms with Gasteiger partial charge in [0.25, 0.3) is 0 Å². The molecule has 1 aromatic rings. The molecule has 0 aliphatic rings. The van der Waals surface area contributed by atoms with Crippen LogP contribution in [0.3, 0.4) is 0 Å². The summed E-state index contributed by atoms with van der Waals surface area (Å²) < 4.78 is 0. The van der Waals surface area contributed by atoms with Gasteiger partial charge in [-0.2, -0.15) is 0 Å². The molecule has 0 saturated heterocycles. The van der Waals surface area contributed by atoms with Crippen molar-refractivity contribution in [3.63, 3.8) is 0 Å². The van der Waals surface area contributed by atoms with Crippen LogP contribution < -0.4 is 0 Å². The van der Waals surface area contributed by atoms with Gasteiger partial charge < -0.3 is 5.11 Å². The van der Waals surface area contributed by atoms with Crippen LogP contribution in [0.15, 0.2) is 18.2 Å². The monoisotopic (exact) mass is 235 g/mol. The summed E-state index contributed by atoms with van der Waals surface area (Å²) in [7, 11) is 2.04. The smallest absolute Gasteiger partial charge is 0.0558 e. The quantitative estimate of drug-likeness (QED) is 0.867. The van der Waals surface area contributed by atoms with Crippen LogP contribution in [-0.4, -0.2) is 30.2 Å². The molecular formula is C15H25NO. The summed E-state index contributed by atoms with van der Waals surface area (Å²) in [5.74, 6) is 0. The molecule has 1 N–H and O–H groups in total. The maximum absolute atomic E-state index is 8.89. The van der Waals surface area contributed by atoms with E-state index in [1.54, 1.807) is 0 Å². The zero-order valence-corrected chi connectivity index (χ0v) is 11.7. The maximum Gasteiger partial charge on any atom is 0.0558 e. The maximum atomic E-state index is 8.89. The highest BCUT2D eigenvalue weighted by atomic mass is 16.3. The lowest BCUT2D eigenvalue weighted by Gasteiger charge is -2.22. The SMILES string of the molecule is Cc1cc(C(C)(C)C)ccc1CN(C)CCO. The van der Waals surface area contributed by atoms with Gasteiger partial charge in [-0.05, 0) is 36.1 Å². The van der Waals surface area contributed by atoms with Crippen molar-refractivity contribution in [3.05, 3.63) is 34.9 Å². The van der Waals surface area contributed by atoms with E-state index in [1.807, 2.05) is 7.05 Å². The van der Waals surface area contributed by atoms with Gasteiger partial charge in [0, 0.05) is 13.1 Å². The first-order chi connectivity index (χ1) is 7.84. The Morgan fingerprint density at radius 1 is 1.24 bits per heavy atom. The fraction of sp³-hybridized carbons (Fsp3) is 0.600. The number of aliphatic hydroxyl groups is 1. The molecule has 0 atom stereocenters. The van der Waals surface area contributed by atoms with E-state index in [-0.39, 0.29) is 12.0 Å². The van der Waals surface area contributed by atoms with Gasteiger partial charge in [-0.3, -0.25) is 4.90 Å². The lowest BCUT2D eigenvalue weighted by Crippen LogP contribution is -2.22. The molecule has 1 rings (SSSR count). The largest absolute Gasteiger partial charge is 0.395 e. The minimum absolute atomic E-state index is 0.209. The van der Waals surface area contributed by atoms with E-state index >= 15 is 0 Å². The van der Waals surface area contributed by atoms with Crippen LogP contribution in [-0.2, 0) is 12.0 Å². The van der Waals surface area contributed by atoms with E-state index in [4.69, 9.17) is 5.11 Å². The molecule has 0 aliphatic heterocycles. The van der Waals surface area contributed by atoms with Crippen molar-refractivity contribution < 1.29 is 5.11 Å². The summed E-state index contributed by atoms with van der Waals surface area (Å²) >= 11 is 0. The van der Waals surface area contributed by atoms with Crippen LogP contribution in [0.4, 0.5) is 0 Å². The molecule has 2 nitrogen and oxygen atoms in total. The Labute approximate surface area is 105 Å². The predicted molar refractivity (Wildman–Crippen MR) is 73.3 cm³/mol. The number of aryl methyl sites for hydroxylation is 1. The van der Waals surface area contributed by atoms with Gasteiger partial charge in [-0.25, -0.2) is 0 Å². The second-order valence-corrected chi connectivity index (χ2v) is 5.85. The Morgan fingerprint density at radius 2 is 1.88 bits per heavy atom. The van der Waals surface area contributed by atoms with Gasteiger partial charge >= 0.3 is 0 Å². The van der Waals surface area contributed by atoms with Crippen molar-refractivity contribution in [3.8, 4) is 0 Å². The summed E-state index contributed by atoms with van der Waals surface area (Å²) in [5, 5.41) is 8.89. The summed E-state index contributed by atoms with van der Waals surface area (Å²) in [4.78, 5) is 2.14. The molecule has 0 spiro atoms. The molecule has 2 heteroatoms. The minimum Gasteiger partial charge on any atom is -0.395 e. The average Bonchev–Trinajstić information content (AvgIpc) is 2.20. The molecule has 0 amide bonds. The van der Waals surface area contributed by atoms with Crippen molar-refractivity contribution in [1.29, 1.82) is 0 Å². The number of aliphatic hydroxyl groups excluding tert-OH is 1. The van der Waals surface area contributed by atoms with E-state index in [2.05, 4.69) is 50.8 Å². The Balaban J connectivity index is 2.83. The molecular weight excluding hydrogens is 210 g/mol. The van der Waals surface area contributed by atoms with Gasteiger partial charge in [0.05, 0.1) is 6.61 Å². The van der Waals surface area contributed by atoms with Gasteiger partial charge in [-0.15, -0.1) is 0 Å². The highest BCUT2D eigenvalue weighted by molar-refractivity contribution is 5.34. The number of hydrogen-bond donors (Lipinski definition) is 1. The van der Waals surface area contributed by atoms with Crippen LogP contribution in [0.1, 0.15) is 37.5 Å². The summed E-state index contributed by atoms with van der Waals surface area (Å²) in [6, 6.07) is 6.71. The Hall–Kier alpha value is -0.860. The average molecular weight is 235 g/mol. The van der Waals surface area contributed by atoms with Crippen LogP contribution in [0, 0.1) is 6.92 Å². The third kappa shape index (κ3) is 4.14. The molecule has 0 aliphatic carbocycles. The lowest BCUT2D eigenvalue weighted by molar-refractivity contribution is 0.217. The Morgan fingerprint density at radius 3 is 2.35 bits per heavy atom. The number of likely N-dealkylation sites (N-methyl/N-ethyl adjacent to an activating group) is 1. The standard InChI is InChI=1S/C15H25NO/c1-12-10-14(15(2,3)4)7-6-13(12)11-16(5)8-9-17/h6-7,10,17H,8-9,11H2,1-5H3. The number of rotatable bonds is 4. The zero-order valence-electron chi connectivity index (χ0n) is 11.7. The second-order valence-electron chi connectivity index (χ2n) is 5.85. The predicted octanol–water partition coefficient (Wildman–Crippen LogP) is 2.72. The topological polar surface area (TPSA) is 23.5 Å². The minimum atomic E-state index is 0.209. The third-order valence-corrected chi connectivity index (χ3v) is 3.13. The molecule has 0 heterocycles. The molecule has 0 unspecified atom stereocenters. The fourth-order valence-electron chi connectivity index (χ4n) is 1.88. The van der Waals surface area contributed by atoms with Gasteiger partial charge in [0.1, 0.15) is 0 Å². The number of benzene rings is 1. The van der Waals surface area contributed by atoms with Crippen molar-refractivity contribution in [2.24, 2.45) is 0 Å². The summed E-state index contributed by atoms with van der Waals surface area (Å²) in [5.41, 5.74) is 4.26. The molecule has 17 heavy (non-hydrogen) atoms. The normalized spacial score (nSPS) is 12.2. The molecule has 96 valence electrons. The first-order valence-corrected chi connectivity index (χ1v) is 6.24. The second kappa shape index (κ2) is 5.65. The Bertz CT molecular complexity index is 366. The van der Waals surface area contributed by atoms with E-state index in [0.29, 0.717) is 0 Å².